The molecule has 0 aliphatic rings. The lowest BCUT2D eigenvalue weighted by molar-refractivity contribution is -0.137. The van der Waals surface area contributed by atoms with Gasteiger partial charge in [-0.15, -0.1) is 0 Å². The molecule has 0 unspecified atom stereocenters. The number of rotatable bonds is 2. The van der Waals surface area contributed by atoms with E-state index in [2.05, 4.69) is 15.0 Å². The van der Waals surface area contributed by atoms with Crippen LogP contribution in [0, 0.1) is 0 Å². The van der Waals surface area contributed by atoms with Crippen LogP contribution in [0.25, 0.3) is 44.5 Å². The molecule has 0 fully saturated rings. The highest BCUT2D eigenvalue weighted by atomic mass is 19.4. The summed E-state index contributed by atoms with van der Waals surface area (Å²) < 4.78 is 43.9. The largest absolute Gasteiger partial charge is 0.416 e. The summed E-state index contributed by atoms with van der Waals surface area (Å²) in [6.07, 6.45) is 4.16. The van der Waals surface area contributed by atoms with Crippen LogP contribution in [0.5, 0.6) is 0 Å². The third kappa shape index (κ3) is 2.76. The molecule has 4 aromatic heterocycles. The molecule has 0 radical (unpaired) electrons. The number of hydrogen-bond donors (Lipinski definition) is 0. The van der Waals surface area contributed by atoms with Crippen LogP contribution < -0.4 is 0 Å². The highest BCUT2D eigenvalue weighted by Crippen LogP contribution is 2.35. The fourth-order valence-electron chi connectivity index (χ4n) is 4.11. The highest BCUT2D eigenvalue weighted by molar-refractivity contribution is 6.06. The number of benzene rings is 2. The molecule has 0 atom stereocenters. The van der Waals surface area contributed by atoms with Crippen LogP contribution in [0.2, 0.25) is 0 Å². The standard InChI is InChI=1S/C24H14F3N5/c25-24(26,27)17-4-1-5-18(12-17)32-22-19-11-15(16-3-2-8-28-13-16)6-7-20(19)30-14-21(22)31-10-9-29-23(31)32/h1-14H. The zero-order valence-corrected chi connectivity index (χ0v) is 16.5. The summed E-state index contributed by atoms with van der Waals surface area (Å²) >= 11 is 0. The van der Waals surface area contributed by atoms with Gasteiger partial charge in [-0.1, -0.05) is 18.2 Å². The van der Waals surface area contributed by atoms with Gasteiger partial charge in [0.05, 0.1) is 28.3 Å². The lowest BCUT2D eigenvalue weighted by atomic mass is 10.0. The van der Waals surface area contributed by atoms with Crippen LogP contribution in [0.4, 0.5) is 13.2 Å². The number of halogens is 3. The number of alkyl halides is 3. The molecule has 6 aromatic rings. The lowest BCUT2D eigenvalue weighted by Crippen LogP contribution is -2.06. The first-order chi connectivity index (χ1) is 15.5. The van der Waals surface area contributed by atoms with E-state index in [-0.39, 0.29) is 0 Å². The second-order valence-corrected chi connectivity index (χ2v) is 7.45. The van der Waals surface area contributed by atoms with Crippen LogP contribution in [-0.4, -0.2) is 23.9 Å². The Bertz CT molecular complexity index is 1610. The van der Waals surface area contributed by atoms with E-state index in [4.69, 9.17) is 0 Å². The minimum absolute atomic E-state index is 0.380. The number of nitrogens with zero attached hydrogens (tertiary/aromatic N) is 5. The van der Waals surface area contributed by atoms with Crippen LogP contribution in [0.1, 0.15) is 5.56 Å². The van der Waals surface area contributed by atoms with Crippen LogP contribution in [-0.2, 0) is 6.18 Å². The average Bonchev–Trinajstić information content (AvgIpc) is 3.40. The van der Waals surface area contributed by atoms with E-state index in [1.807, 2.05) is 34.7 Å². The molecule has 4 heterocycles. The van der Waals surface area contributed by atoms with Crippen molar-refractivity contribution < 1.29 is 13.2 Å². The van der Waals surface area contributed by atoms with Gasteiger partial charge in [-0.05, 0) is 42.0 Å². The van der Waals surface area contributed by atoms with Gasteiger partial charge < -0.3 is 0 Å². The first kappa shape index (κ1) is 18.6. The maximum Gasteiger partial charge on any atom is 0.416 e. The summed E-state index contributed by atoms with van der Waals surface area (Å²) in [5.74, 6) is 0.514. The van der Waals surface area contributed by atoms with E-state index in [0.717, 1.165) is 45.2 Å². The van der Waals surface area contributed by atoms with Gasteiger partial charge in [0.1, 0.15) is 0 Å². The normalized spacial score (nSPS) is 12.2. The topological polar surface area (TPSA) is 48.0 Å². The third-order valence-electron chi connectivity index (χ3n) is 5.55. The molecule has 8 heteroatoms. The predicted molar refractivity (Wildman–Crippen MR) is 116 cm³/mol. The van der Waals surface area contributed by atoms with Crippen molar-refractivity contribution in [3.8, 4) is 16.8 Å². The maximum absolute atomic E-state index is 13.4. The van der Waals surface area contributed by atoms with Gasteiger partial charge in [-0.25, -0.2) is 4.98 Å². The minimum Gasteiger partial charge on any atom is -0.282 e. The van der Waals surface area contributed by atoms with E-state index in [9.17, 15) is 13.2 Å². The van der Waals surface area contributed by atoms with E-state index in [1.54, 1.807) is 41.6 Å². The van der Waals surface area contributed by atoms with Crippen molar-refractivity contribution in [3.05, 3.63) is 91.1 Å². The Morgan fingerprint density at radius 1 is 0.812 bits per heavy atom. The fourth-order valence-corrected chi connectivity index (χ4v) is 4.11. The molecule has 0 N–H and O–H groups in total. The first-order valence-corrected chi connectivity index (χ1v) is 9.85. The number of aromatic nitrogens is 5. The Balaban J connectivity index is 1.72. The van der Waals surface area contributed by atoms with Crippen LogP contribution in [0.3, 0.4) is 0 Å². The molecule has 0 saturated carbocycles. The lowest BCUT2D eigenvalue weighted by Gasteiger charge is -2.12. The summed E-state index contributed by atoms with van der Waals surface area (Å²) in [7, 11) is 0. The quantitative estimate of drug-likeness (QED) is 0.344. The molecule has 0 bridgehead atoms. The smallest absolute Gasteiger partial charge is 0.282 e. The molecule has 0 saturated heterocycles. The molecule has 0 spiro atoms. The molecular formula is C24H14F3N5. The Labute approximate surface area is 179 Å². The molecule has 6 rings (SSSR count). The number of pyridine rings is 2. The van der Waals surface area contributed by atoms with Crippen LogP contribution >= 0.6 is 0 Å². The fraction of sp³-hybridized carbons (Fsp3) is 0.0417. The monoisotopic (exact) mass is 429 g/mol. The van der Waals surface area contributed by atoms with Crippen molar-refractivity contribution in [2.24, 2.45) is 0 Å². The van der Waals surface area contributed by atoms with Crippen molar-refractivity contribution in [2.45, 2.75) is 6.18 Å². The number of fused-ring (bicyclic) bond motifs is 5. The van der Waals surface area contributed by atoms with Crippen molar-refractivity contribution in [1.82, 2.24) is 23.9 Å². The summed E-state index contributed by atoms with van der Waals surface area (Å²) in [4.78, 5) is 13.2. The third-order valence-corrected chi connectivity index (χ3v) is 5.55. The van der Waals surface area contributed by atoms with Crippen molar-refractivity contribution in [2.75, 3.05) is 0 Å². The minimum atomic E-state index is -4.44. The average molecular weight is 429 g/mol. The highest BCUT2D eigenvalue weighted by Gasteiger charge is 2.31. The Kier molecular flexibility index (Phi) is 3.86. The molecule has 0 aliphatic heterocycles. The van der Waals surface area contributed by atoms with Gasteiger partial charge in [-0.3, -0.25) is 18.9 Å². The molecule has 5 nitrogen and oxygen atoms in total. The zero-order chi connectivity index (χ0) is 21.9. The Morgan fingerprint density at radius 3 is 2.53 bits per heavy atom. The second-order valence-electron chi connectivity index (χ2n) is 7.45. The van der Waals surface area contributed by atoms with Crippen molar-refractivity contribution in [1.29, 1.82) is 0 Å². The summed E-state index contributed by atoms with van der Waals surface area (Å²) in [5.41, 5.74) is 3.77. The van der Waals surface area contributed by atoms with Crippen molar-refractivity contribution >= 4 is 27.7 Å². The first-order valence-electron chi connectivity index (χ1n) is 9.85. The summed E-state index contributed by atoms with van der Waals surface area (Å²) in [6.45, 7) is 0. The Morgan fingerprint density at radius 2 is 1.72 bits per heavy atom. The van der Waals surface area contributed by atoms with Gasteiger partial charge in [0.15, 0.2) is 0 Å². The van der Waals surface area contributed by atoms with Gasteiger partial charge in [0.2, 0.25) is 5.78 Å². The molecular weight excluding hydrogens is 415 g/mol. The van der Waals surface area contributed by atoms with Gasteiger partial charge in [-0.2, -0.15) is 13.2 Å². The second kappa shape index (κ2) is 6.65. The van der Waals surface area contributed by atoms with Crippen molar-refractivity contribution in [3.63, 3.8) is 0 Å². The number of imidazole rings is 2. The van der Waals surface area contributed by atoms with Gasteiger partial charge >= 0.3 is 6.18 Å². The van der Waals surface area contributed by atoms with E-state index in [1.165, 1.54) is 6.07 Å². The maximum atomic E-state index is 13.4. The van der Waals surface area contributed by atoms with E-state index in [0.29, 0.717) is 11.5 Å². The SMILES string of the molecule is FC(F)(F)c1cccc(-n2c3c4cc(-c5cccnc5)ccc4ncc3n3ccnc23)c1. The Hall–Kier alpha value is -4.20. The summed E-state index contributed by atoms with van der Waals surface area (Å²) in [5, 5.41) is 0.812. The molecule has 156 valence electrons. The van der Waals surface area contributed by atoms with Gasteiger partial charge in [0, 0.05) is 41.4 Å². The van der Waals surface area contributed by atoms with E-state index >= 15 is 0 Å². The predicted octanol–water partition coefficient (Wildman–Crippen LogP) is 5.91. The summed E-state index contributed by atoms with van der Waals surface area (Å²) in [6, 6.07) is 14.9. The molecule has 0 amide bonds. The van der Waals surface area contributed by atoms with Crippen LogP contribution in [0.15, 0.2) is 85.6 Å². The number of hydrogen-bond acceptors (Lipinski definition) is 3. The van der Waals surface area contributed by atoms with E-state index < -0.39 is 11.7 Å². The molecule has 32 heavy (non-hydrogen) atoms. The molecule has 0 aliphatic carbocycles. The zero-order valence-electron chi connectivity index (χ0n) is 16.5. The molecule has 2 aromatic carbocycles. The van der Waals surface area contributed by atoms with Gasteiger partial charge in [0.25, 0.3) is 0 Å².